The van der Waals surface area contributed by atoms with Gasteiger partial charge in [-0.1, -0.05) is 32.8 Å². The highest BCUT2D eigenvalue weighted by Crippen LogP contribution is 2.14. The first-order valence-electron chi connectivity index (χ1n) is 8.42. The van der Waals surface area contributed by atoms with Gasteiger partial charge >= 0.3 is 0 Å². The Morgan fingerprint density at radius 1 is 1.05 bits per heavy atom. The fraction of sp³-hybridized carbons (Fsp3) is 0.722. The third-order valence-electron chi connectivity index (χ3n) is 3.48. The highest BCUT2D eigenvalue weighted by Gasteiger charge is 2.11. The van der Waals surface area contributed by atoms with E-state index in [0.717, 1.165) is 31.1 Å². The largest absolute Gasteiger partial charge is 0.357 e. The average Bonchev–Trinajstić information content (AvgIpc) is 2.45. The molecular weight excluding hydrogens is 258 g/mol. The van der Waals surface area contributed by atoms with Gasteiger partial charge in [-0.15, -0.1) is 0 Å². The molecule has 0 aliphatic carbocycles. The molecule has 0 radical (unpaired) electrons. The molecule has 1 aromatic heterocycles. The first kappa shape index (κ1) is 18.0. The normalized spacial score (nSPS) is 11.7. The summed E-state index contributed by atoms with van der Waals surface area (Å²) < 4.78 is 0. The van der Waals surface area contributed by atoms with Gasteiger partial charge in [0, 0.05) is 25.2 Å². The van der Waals surface area contributed by atoms with Gasteiger partial charge in [0.25, 0.3) is 0 Å². The first-order valence-corrected chi connectivity index (χ1v) is 8.42. The monoisotopic (exact) mass is 291 g/mol. The Balaban J connectivity index is 2.73. The van der Waals surface area contributed by atoms with Crippen LogP contribution in [0.2, 0.25) is 0 Å². The molecule has 0 aliphatic heterocycles. The Labute approximate surface area is 131 Å². The standard InChI is InChI=1S/C18H33N3/c1-6-8-13-21(14-9-7-2)17-12-10-11-16(20-17)15-19-18(3,4)5/h10-12,19H,6-9,13-15H2,1-5H3. The summed E-state index contributed by atoms with van der Waals surface area (Å²) in [5.74, 6) is 1.13. The molecule has 0 bridgehead atoms. The van der Waals surface area contributed by atoms with Crippen LogP contribution >= 0.6 is 0 Å². The maximum Gasteiger partial charge on any atom is 0.128 e. The molecule has 0 atom stereocenters. The first-order chi connectivity index (χ1) is 9.96. The molecule has 0 aromatic carbocycles. The van der Waals surface area contributed by atoms with E-state index in [1.165, 1.54) is 25.7 Å². The van der Waals surface area contributed by atoms with E-state index in [2.05, 4.69) is 63.0 Å². The number of hydrogen-bond donors (Lipinski definition) is 1. The SMILES string of the molecule is CCCCN(CCCC)c1cccc(CNC(C)(C)C)n1. The van der Waals surface area contributed by atoms with Gasteiger partial charge in [-0.25, -0.2) is 4.98 Å². The van der Waals surface area contributed by atoms with E-state index < -0.39 is 0 Å². The van der Waals surface area contributed by atoms with Crippen LogP contribution in [0.25, 0.3) is 0 Å². The Hall–Kier alpha value is -1.09. The van der Waals surface area contributed by atoms with E-state index in [-0.39, 0.29) is 5.54 Å². The number of nitrogens with zero attached hydrogens (tertiary/aromatic N) is 2. The van der Waals surface area contributed by atoms with E-state index >= 15 is 0 Å². The highest BCUT2D eigenvalue weighted by molar-refractivity contribution is 5.39. The summed E-state index contributed by atoms with van der Waals surface area (Å²) >= 11 is 0. The molecule has 1 heterocycles. The van der Waals surface area contributed by atoms with Crippen molar-refractivity contribution in [1.82, 2.24) is 10.3 Å². The topological polar surface area (TPSA) is 28.2 Å². The molecule has 0 spiro atoms. The lowest BCUT2D eigenvalue weighted by Crippen LogP contribution is -2.35. The van der Waals surface area contributed by atoms with Crippen molar-refractivity contribution in [3.63, 3.8) is 0 Å². The van der Waals surface area contributed by atoms with Crippen molar-refractivity contribution in [2.75, 3.05) is 18.0 Å². The van der Waals surface area contributed by atoms with E-state index in [1.807, 2.05) is 0 Å². The summed E-state index contributed by atoms with van der Waals surface area (Å²) in [6.45, 7) is 14.1. The zero-order chi connectivity index (χ0) is 15.7. The van der Waals surface area contributed by atoms with Crippen molar-refractivity contribution in [2.24, 2.45) is 0 Å². The minimum Gasteiger partial charge on any atom is -0.357 e. The molecule has 1 rings (SSSR count). The van der Waals surface area contributed by atoms with Crippen molar-refractivity contribution in [1.29, 1.82) is 0 Å². The summed E-state index contributed by atoms with van der Waals surface area (Å²) in [5, 5.41) is 3.51. The fourth-order valence-corrected chi connectivity index (χ4v) is 2.14. The second-order valence-electron chi connectivity index (χ2n) is 6.78. The lowest BCUT2D eigenvalue weighted by molar-refractivity contribution is 0.421. The molecular formula is C18H33N3. The van der Waals surface area contributed by atoms with Crippen LogP contribution in [-0.4, -0.2) is 23.6 Å². The second kappa shape index (κ2) is 9.04. The van der Waals surface area contributed by atoms with Gasteiger partial charge in [-0.05, 0) is 45.7 Å². The quantitative estimate of drug-likeness (QED) is 0.732. The second-order valence-corrected chi connectivity index (χ2v) is 6.78. The maximum atomic E-state index is 4.85. The van der Waals surface area contributed by atoms with Crippen molar-refractivity contribution >= 4 is 5.82 Å². The minimum atomic E-state index is 0.127. The zero-order valence-corrected chi connectivity index (χ0v) is 14.6. The molecule has 3 nitrogen and oxygen atoms in total. The molecule has 0 aliphatic rings. The molecule has 1 N–H and O–H groups in total. The molecule has 0 unspecified atom stereocenters. The number of aromatic nitrogens is 1. The maximum absolute atomic E-state index is 4.85. The van der Waals surface area contributed by atoms with Gasteiger partial charge in [-0.2, -0.15) is 0 Å². The smallest absolute Gasteiger partial charge is 0.128 e. The highest BCUT2D eigenvalue weighted by atomic mass is 15.2. The lowest BCUT2D eigenvalue weighted by atomic mass is 10.1. The molecule has 0 saturated carbocycles. The molecule has 120 valence electrons. The van der Waals surface area contributed by atoms with E-state index in [4.69, 9.17) is 4.98 Å². The van der Waals surface area contributed by atoms with Gasteiger partial charge in [-0.3, -0.25) is 0 Å². The predicted octanol–water partition coefficient (Wildman–Crippen LogP) is 4.38. The summed E-state index contributed by atoms with van der Waals surface area (Å²) in [7, 11) is 0. The van der Waals surface area contributed by atoms with Crippen molar-refractivity contribution in [3.8, 4) is 0 Å². The third-order valence-corrected chi connectivity index (χ3v) is 3.48. The van der Waals surface area contributed by atoms with Gasteiger partial charge in [0.2, 0.25) is 0 Å². The molecule has 3 heteroatoms. The molecule has 0 saturated heterocycles. The third kappa shape index (κ3) is 7.47. The van der Waals surface area contributed by atoms with E-state index in [9.17, 15) is 0 Å². The Bertz CT molecular complexity index is 388. The van der Waals surface area contributed by atoms with Crippen LogP contribution in [0, 0.1) is 0 Å². The van der Waals surface area contributed by atoms with Gasteiger partial charge in [0.1, 0.15) is 5.82 Å². The van der Waals surface area contributed by atoms with Gasteiger partial charge in [0.15, 0.2) is 0 Å². The number of pyridine rings is 1. The van der Waals surface area contributed by atoms with Crippen LogP contribution in [0.5, 0.6) is 0 Å². The number of nitrogens with one attached hydrogen (secondary N) is 1. The Morgan fingerprint density at radius 3 is 2.19 bits per heavy atom. The summed E-state index contributed by atoms with van der Waals surface area (Å²) in [5.41, 5.74) is 1.25. The van der Waals surface area contributed by atoms with Crippen molar-refractivity contribution < 1.29 is 0 Å². The number of anilines is 1. The molecule has 1 aromatic rings. The minimum absolute atomic E-state index is 0.127. The van der Waals surface area contributed by atoms with Crippen LogP contribution in [-0.2, 0) is 6.54 Å². The summed E-state index contributed by atoms with van der Waals surface area (Å²) in [6.07, 6.45) is 4.92. The van der Waals surface area contributed by atoms with Gasteiger partial charge < -0.3 is 10.2 Å². The van der Waals surface area contributed by atoms with Crippen LogP contribution in [0.15, 0.2) is 18.2 Å². The Kier molecular flexibility index (Phi) is 7.73. The number of rotatable bonds is 9. The number of hydrogen-bond acceptors (Lipinski definition) is 3. The van der Waals surface area contributed by atoms with Crippen LogP contribution in [0.3, 0.4) is 0 Å². The van der Waals surface area contributed by atoms with Crippen LogP contribution in [0.1, 0.15) is 66.0 Å². The molecule has 0 amide bonds. The molecule has 21 heavy (non-hydrogen) atoms. The molecule has 0 fully saturated rings. The zero-order valence-electron chi connectivity index (χ0n) is 14.6. The lowest BCUT2D eigenvalue weighted by Gasteiger charge is -2.25. The average molecular weight is 291 g/mol. The Morgan fingerprint density at radius 2 is 1.67 bits per heavy atom. The van der Waals surface area contributed by atoms with Gasteiger partial charge in [0.05, 0.1) is 5.69 Å². The fourth-order valence-electron chi connectivity index (χ4n) is 2.14. The number of unbranched alkanes of at least 4 members (excludes halogenated alkanes) is 2. The van der Waals surface area contributed by atoms with Crippen LogP contribution in [0.4, 0.5) is 5.82 Å². The van der Waals surface area contributed by atoms with Crippen LogP contribution < -0.4 is 10.2 Å². The van der Waals surface area contributed by atoms with Crippen molar-refractivity contribution in [2.45, 2.75) is 72.4 Å². The summed E-state index contributed by atoms with van der Waals surface area (Å²) in [4.78, 5) is 7.28. The predicted molar refractivity (Wildman–Crippen MR) is 92.9 cm³/mol. The summed E-state index contributed by atoms with van der Waals surface area (Å²) in [6, 6.07) is 6.39. The van der Waals surface area contributed by atoms with E-state index in [1.54, 1.807) is 0 Å². The van der Waals surface area contributed by atoms with E-state index in [0.29, 0.717) is 0 Å². The van der Waals surface area contributed by atoms with Crippen molar-refractivity contribution in [3.05, 3.63) is 23.9 Å².